The fraction of sp³-hybridized carbons (Fsp3) is 0.321. The van der Waals surface area contributed by atoms with Crippen molar-refractivity contribution in [2.45, 2.75) is 38.6 Å². The van der Waals surface area contributed by atoms with Crippen molar-refractivity contribution >= 4 is 34.2 Å². The first-order chi connectivity index (χ1) is 19.0. The fourth-order valence-electron chi connectivity index (χ4n) is 5.68. The number of aromatic amines is 1. The first-order valence-electron chi connectivity index (χ1n) is 13.0. The van der Waals surface area contributed by atoms with Crippen molar-refractivity contribution in [2.24, 2.45) is 0 Å². The minimum Gasteiger partial charge on any atom is -0.381 e. The van der Waals surface area contributed by atoms with Gasteiger partial charge in [0.1, 0.15) is 17.3 Å². The van der Waals surface area contributed by atoms with Crippen molar-refractivity contribution in [1.82, 2.24) is 29.6 Å². The number of carbonyl (C=O) groups is 1. The molecule has 2 aromatic carbocycles. The molecule has 1 N–H and O–H groups in total. The van der Waals surface area contributed by atoms with E-state index in [0.29, 0.717) is 54.3 Å². The molecule has 39 heavy (non-hydrogen) atoms. The number of H-pyrrole nitrogens is 1. The van der Waals surface area contributed by atoms with Crippen LogP contribution in [-0.2, 0) is 17.7 Å². The van der Waals surface area contributed by atoms with Crippen LogP contribution in [0.15, 0.2) is 45.7 Å². The lowest BCUT2D eigenvalue weighted by Gasteiger charge is -2.27. The van der Waals surface area contributed by atoms with E-state index in [4.69, 9.17) is 20.9 Å². The Kier molecular flexibility index (Phi) is 5.75. The van der Waals surface area contributed by atoms with Gasteiger partial charge in [0.15, 0.2) is 0 Å². The number of aromatic nitrogens is 5. The molecule has 0 atom stereocenters. The number of nitrogens with one attached hydrogen (secondary N) is 1. The molecule has 0 spiro atoms. The fourth-order valence-corrected chi connectivity index (χ4v) is 5.80. The zero-order valence-electron chi connectivity index (χ0n) is 21.2. The summed E-state index contributed by atoms with van der Waals surface area (Å²) < 4.78 is 13.0. The number of aryl methyl sites for hydroxylation is 1. The largest absolute Gasteiger partial charge is 0.381 e. The van der Waals surface area contributed by atoms with E-state index in [1.165, 1.54) is 0 Å². The maximum atomic E-state index is 13.9. The van der Waals surface area contributed by atoms with Crippen LogP contribution in [0.25, 0.3) is 27.9 Å². The number of fused-ring (bicyclic) bond motifs is 4. The lowest BCUT2D eigenvalue weighted by molar-refractivity contribution is 0.0728. The molecule has 11 heteroatoms. The third-order valence-electron chi connectivity index (χ3n) is 7.77. The second-order valence-electron chi connectivity index (χ2n) is 10.2. The Morgan fingerprint density at radius 2 is 1.92 bits per heavy atom. The van der Waals surface area contributed by atoms with Crippen LogP contribution in [0.1, 0.15) is 51.8 Å². The van der Waals surface area contributed by atoms with E-state index in [-0.39, 0.29) is 23.0 Å². The van der Waals surface area contributed by atoms with Gasteiger partial charge in [0.25, 0.3) is 11.5 Å². The van der Waals surface area contributed by atoms with E-state index in [0.717, 1.165) is 46.8 Å². The van der Waals surface area contributed by atoms with Gasteiger partial charge in [-0.2, -0.15) is 0 Å². The Bertz CT molecular complexity index is 1800. The molecule has 0 bridgehead atoms. The van der Waals surface area contributed by atoms with Crippen LogP contribution in [0.5, 0.6) is 0 Å². The SMILES string of the molecule is Cc1cc2[nH]c(=O)c3nnc(C4CCOCC4)n3c2cc1C(=O)N1CCc2onc(-c3ccc(Cl)cc3)c2C1. The predicted molar refractivity (Wildman–Crippen MR) is 144 cm³/mol. The van der Waals surface area contributed by atoms with E-state index in [9.17, 15) is 9.59 Å². The van der Waals surface area contributed by atoms with Gasteiger partial charge in [0.2, 0.25) is 5.65 Å². The molecular weight excluding hydrogens is 520 g/mol. The zero-order chi connectivity index (χ0) is 26.7. The van der Waals surface area contributed by atoms with E-state index < -0.39 is 0 Å². The van der Waals surface area contributed by atoms with Crippen molar-refractivity contribution < 1.29 is 14.1 Å². The lowest BCUT2D eigenvalue weighted by atomic mass is 9.99. The number of rotatable bonds is 3. The van der Waals surface area contributed by atoms with Crippen LogP contribution in [0.3, 0.4) is 0 Å². The lowest BCUT2D eigenvalue weighted by Crippen LogP contribution is -2.36. The molecule has 5 heterocycles. The molecule has 1 saturated heterocycles. The monoisotopic (exact) mass is 544 g/mol. The minimum absolute atomic E-state index is 0.0941. The average molecular weight is 545 g/mol. The maximum Gasteiger partial charge on any atom is 0.294 e. The Morgan fingerprint density at radius 3 is 2.72 bits per heavy atom. The van der Waals surface area contributed by atoms with E-state index in [1.807, 2.05) is 52.6 Å². The van der Waals surface area contributed by atoms with Gasteiger partial charge in [0, 0.05) is 53.8 Å². The first-order valence-corrected chi connectivity index (χ1v) is 13.4. The molecule has 1 fully saturated rings. The third kappa shape index (κ3) is 4.02. The molecule has 5 aromatic rings. The summed E-state index contributed by atoms with van der Waals surface area (Å²) in [5, 5.41) is 13.5. The van der Waals surface area contributed by atoms with Gasteiger partial charge in [-0.1, -0.05) is 28.9 Å². The van der Waals surface area contributed by atoms with Crippen molar-refractivity contribution in [3.63, 3.8) is 0 Å². The number of halogens is 1. The highest BCUT2D eigenvalue weighted by Gasteiger charge is 2.30. The molecule has 10 nitrogen and oxygen atoms in total. The summed E-state index contributed by atoms with van der Waals surface area (Å²) in [5.41, 5.74) is 5.12. The molecular formula is C28H25ClN6O4. The molecule has 2 aliphatic heterocycles. The molecule has 7 rings (SSSR count). The summed E-state index contributed by atoms with van der Waals surface area (Å²) in [4.78, 5) is 31.5. The third-order valence-corrected chi connectivity index (χ3v) is 8.02. The molecule has 1 amide bonds. The van der Waals surface area contributed by atoms with Crippen LogP contribution >= 0.6 is 11.6 Å². The van der Waals surface area contributed by atoms with Gasteiger partial charge in [-0.15, -0.1) is 10.2 Å². The number of hydrogen-bond donors (Lipinski definition) is 1. The van der Waals surface area contributed by atoms with E-state index in [1.54, 1.807) is 0 Å². The van der Waals surface area contributed by atoms with Crippen molar-refractivity contribution in [3.8, 4) is 11.3 Å². The molecule has 0 aliphatic carbocycles. The summed E-state index contributed by atoms with van der Waals surface area (Å²) >= 11 is 6.07. The molecule has 198 valence electrons. The summed E-state index contributed by atoms with van der Waals surface area (Å²) in [6, 6.07) is 11.1. The number of benzene rings is 2. The second-order valence-corrected chi connectivity index (χ2v) is 10.6. The Morgan fingerprint density at radius 1 is 1.13 bits per heavy atom. The molecule has 0 radical (unpaired) electrons. The number of hydrogen-bond acceptors (Lipinski definition) is 7. The van der Waals surface area contributed by atoms with Crippen LogP contribution in [0.2, 0.25) is 5.02 Å². The smallest absolute Gasteiger partial charge is 0.294 e. The summed E-state index contributed by atoms with van der Waals surface area (Å²) in [7, 11) is 0. The van der Waals surface area contributed by atoms with Crippen LogP contribution in [0.4, 0.5) is 0 Å². The van der Waals surface area contributed by atoms with Gasteiger partial charge in [-0.3, -0.25) is 14.0 Å². The zero-order valence-corrected chi connectivity index (χ0v) is 22.0. The Hall–Kier alpha value is -4.02. The summed E-state index contributed by atoms with van der Waals surface area (Å²) in [5.74, 6) is 1.55. The molecule has 0 saturated carbocycles. The highest BCUT2D eigenvalue weighted by atomic mass is 35.5. The van der Waals surface area contributed by atoms with Gasteiger partial charge < -0.3 is 19.1 Å². The highest BCUT2D eigenvalue weighted by Crippen LogP contribution is 2.32. The molecule has 3 aromatic heterocycles. The van der Waals surface area contributed by atoms with Gasteiger partial charge in [0.05, 0.1) is 17.6 Å². The van der Waals surface area contributed by atoms with Gasteiger partial charge in [-0.05, 0) is 49.6 Å². The van der Waals surface area contributed by atoms with Crippen LogP contribution < -0.4 is 5.56 Å². The highest BCUT2D eigenvalue weighted by molar-refractivity contribution is 6.30. The van der Waals surface area contributed by atoms with E-state index in [2.05, 4.69) is 20.3 Å². The van der Waals surface area contributed by atoms with Crippen molar-refractivity contribution in [3.05, 3.63) is 80.0 Å². The topological polar surface area (TPSA) is 119 Å². The average Bonchev–Trinajstić information content (AvgIpc) is 3.59. The van der Waals surface area contributed by atoms with Crippen molar-refractivity contribution in [2.75, 3.05) is 19.8 Å². The Balaban J connectivity index is 1.28. The summed E-state index contributed by atoms with van der Waals surface area (Å²) in [6.45, 7) is 4.06. The normalized spacial score (nSPS) is 16.2. The number of carbonyl (C=O) groups excluding carboxylic acids is 1. The number of ether oxygens (including phenoxy) is 1. The maximum absolute atomic E-state index is 13.9. The second kappa shape index (κ2) is 9.32. The van der Waals surface area contributed by atoms with E-state index >= 15 is 0 Å². The summed E-state index contributed by atoms with van der Waals surface area (Å²) in [6.07, 6.45) is 2.18. The Labute approximate surface area is 227 Å². The van der Waals surface area contributed by atoms with Crippen LogP contribution in [-0.4, -0.2) is 55.3 Å². The van der Waals surface area contributed by atoms with Gasteiger partial charge >= 0.3 is 0 Å². The number of amides is 1. The van der Waals surface area contributed by atoms with Crippen molar-refractivity contribution in [1.29, 1.82) is 0 Å². The van der Waals surface area contributed by atoms with Crippen LogP contribution in [0, 0.1) is 6.92 Å². The van der Waals surface area contributed by atoms with Gasteiger partial charge in [-0.25, -0.2) is 0 Å². The standard InChI is InChI=1S/C28H25ClN6O4/c1-15-12-21-22(35-25(17-7-10-38-11-8-17)31-32-26(35)27(36)30-21)13-19(15)28(37)34-9-6-23-20(14-34)24(33-39-23)16-2-4-18(29)5-3-16/h2-5,12-13,17H,6-11,14H2,1H3,(H,30,36). The molecule has 2 aliphatic rings. The molecule has 0 unspecified atom stereocenters. The minimum atomic E-state index is -0.308. The first kappa shape index (κ1) is 24.1. The predicted octanol–water partition coefficient (Wildman–Crippen LogP) is 4.28. The number of nitrogens with zero attached hydrogens (tertiary/aromatic N) is 5. The quantitative estimate of drug-likeness (QED) is 0.360.